The van der Waals surface area contributed by atoms with Crippen molar-refractivity contribution < 1.29 is 9.26 Å². The number of hydrogen-bond acceptors (Lipinski definition) is 6. The summed E-state index contributed by atoms with van der Waals surface area (Å²) in [6.45, 7) is 6.13. The van der Waals surface area contributed by atoms with Gasteiger partial charge in [-0.05, 0) is 25.1 Å². The molecule has 2 heterocycles. The largest absolute Gasteiger partial charge is 0.497 e. The summed E-state index contributed by atoms with van der Waals surface area (Å²) in [6, 6.07) is 7.81. The molecule has 6 heteroatoms. The molecule has 3 rings (SSSR count). The molecule has 1 aromatic carbocycles. The molecule has 112 valence electrons. The highest BCUT2D eigenvalue weighted by Crippen LogP contribution is 2.25. The third kappa shape index (κ3) is 3.06. The minimum Gasteiger partial charge on any atom is -0.497 e. The third-order valence-electron chi connectivity index (χ3n) is 3.83. The molecule has 2 aromatic rings. The van der Waals surface area contributed by atoms with E-state index in [1.807, 2.05) is 24.3 Å². The Kier molecular flexibility index (Phi) is 4.17. The maximum atomic E-state index is 5.40. The van der Waals surface area contributed by atoms with E-state index in [0.717, 1.165) is 43.3 Å². The van der Waals surface area contributed by atoms with E-state index in [4.69, 9.17) is 9.26 Å². The van der Waals surface area contributed by atoms with Crippen LogP contribution in [0.25, 0.3) is 11.5 Å². The lowest BCUT2D eigenvalue weighted by Gasteiger charge is -2.30. The van der Waals surface area contributed by atoms with Gasteiger partial charge < -0.3 is 14.6 Å². The SMILES string of the molecule is COc1cccc(-c2nc(C(C)N3CCNCC3)no2)c1. The van der Waals surface area contributed by atoms with Crippen LogP contribution in [0.3, 0.4) is 0 Å². The van der Waals surface area contributed by atoms with Gasteiger partial charge in [-0.2, -0.15) is 4.98 Å². The lowest BCUT2D eigenvalue weighted by atomic mass is 10.2. The van der Waals surface area contributed by atoms with Crippen LogP contribution in [0.2, 0.25) is 0 Å². The molecule has 1 atom stereocenters. The van der Waals surface area contributed by atoms with Crippen molar-refractivity contribution in [1.82, 2.24) is 20.4 Å². The second-order valence-corrected chi connectivity index (χ2v) is 5.15. The van der Waals surface area contributed by atoms with E-state index in [1.165, 1.54) is 0 Å². The highest BCUT2D eigenvalue weighted by Gasteiger charge is 2.22. The zero-order valence-electron chi connectivity index (χ0n) is 12.4. The molecular formula is C15H20N4O2. The number of nitrogens with zero attached hydrogens (tertiary/aromatic N) is 3. The molecular weight excluding hydrogens is 268 g/mol. The van der Waals surface area contributed by atoms with E-state index < -0.39 is 0 Å². The van der Waals surface area contributed by atoms with Crippen molar-refractivity contribution >= 4 is 0 Å². The van der Waals surface area contributed by atoms with Crippen molar-refractivity contribution in [1.29, 1.82) is 0 Å². The fourth-order valence-electron chi connectivity index (χ4n) is 2.51. The number of rotatable bonds is 4. The van der Waals surface area contributed by atoms with Crippen molar-refractivity contribution in [2.75, 3.05) is 33.3 Å². The van der Waals surface area contributed by atoms with Crippen LogP contribution in [-0.2, 0) is 0 Å². The molecule has 0 bridgehead atoms. The van der Waals surface area contributed by atoms with Crippen LogP contribution in [0.4, 0.5) is 0 Å². The summed E-state index contributed by atoms with van der Waals surface area (Å²) in [5.74, 6) is 2.04. The van der Waals surface area contributed by atoms with Gasteiger partial charge in [0.25, 0.3) is 5.89 Å². The van der Waals surface area contributed by atoms with E-state index in [1.54, 1.807) is 7.11 Å². The van der Waals surface area contributed by atoms with Crippen LogP contribution < -0.4 is 10.1 Å². The molecule has 1 aliphatic rings. The fourth-order valence-corrected chi connectivity index (χ4v) is 2.51. The second kappa shape index (κ2) is 6.24. The minimum absolute atomic E-state index is 0.162. The molecule has 21 heavy (non-hydrogen) atoms. The number of benzene rings is 1. The summed E-state index contributed by atoms with van der Waals surface area (Å²) in [7, 11) is 1.64. The van der Waals surface area contributed by atoms with Gasteiger partial charge in [0.05, 0.1) is 13.2 Å². The smallest absolute Gasteiger partial charge is 0.258 e. The Morgan fingerprint density at radius 1 is 1.33 bits per heavy atom. The van der Waals surface area contributed by atoms with Crippen LogP contribution in [0, 0.1) is 0 Å². The number of methoxy groups -OCH3 is 1. The second-order valence-electron chi connectivity index (χ2n) is 5.15. The van der Waals surface area contributed by atoms with Crippen molar-refractivity contribution in [2.45, 2.75) is 13.0 Å². The molecule has 6 nitrogen and oxygen atoms in total. The summed E-state index contributed by atoms with van der Waals surface area (Å²) >= 11 is 0. The Labute approximate surface area is 124 Å². The highest BCUT2D eigenvalue weighted by atomic mass is 16.5. The zero-order chi connectivity index (χ0) is 14.7. The predicted molar refractivity (Wildman–Crippen MR) is 79.1 cm³/mol. The average molecular weight is 288 g/mol. The van der Waals surface area contributed by atoms with Gasteiger partial charge in [0.2, 0.25) is 0 Å². The van der Waals surface area contributed by atoms with Crippen LogP contribution in [0.5, 0.6) is 5.75 Å². The minimum atomic E-state index is 0.162. The predicted octanol–water partition coefficient (Wildman–Crippen LogP) is 1.71. The molecule has 1 saturated heterocycles. The molecule has 0 saturated carbocycles. The van der Waals surface area contributed by atoms with Crippen LogP contribution >= 0.6 is 0 Å². The van der Waals surface area contributed by atoms with Gasteiger partial charge in [-0.15, -0.1) is 0 Å². The monoisotopic (exact) mass is 288 g/mol. The van der Waals surface area contributed by atoms with Crippen LogP contribution in [0.15, 0.2) is 28.8 Å². The lowest BCUT2D eigenvalue weighted by molar-refractivity contribution is 0.176. The summed E-state index contributed by atoms with van der Waals surface area (Å²) in [4.78, 5) is 6.89. The van der Waals surface area contributed by atoms with Gasteiger partial charge in [0.15, 0.2) is 5.82 Å². The number of hydrogen-bond donors (Lipinski definition) is 1. The number of nitrogens with one attached hydrogen (secondary N) is 1. The quantitative estimate of drug-likeness (QED) is 0.924. The first kappa shape index (κ1) is 14.0. The van der Waals surface area contributed by atoms with E-state index >= 15 is 0 Å². The standard InChI is InChI=1S/C15H20N4O2/c1-11(19-8-6-16-7-9-19)14-17-15(21-18-14)12-4-3-5-13(10-12)20-2/h3-5,10-11,16H,6-9H2,1-2H3. The van der Waals surface area contributed by atoms with Gasteiger partial charge in [-0.25, -0.2) is 0 Å². The molecule has 0 radical (unpaired) electrons. The molecule has 1 aliphatic heterocycles. The maximum Gasteiger partial charge on any atom is 0.258 e. The van der Waals surface area contributed by atoms with E-state index in [9.17, 15) is 0 Å². The van der Waals surface area contributed by atoms with Gasteiger partial charge in [0, 0.05) is 31.7 Å². The van der Waals surface area contributed by atoms with Gasteiger partial charge in [0.1, 0.15) is 5.75 Å². The van der Waals surface area contributed by atoms with Crippen molar-refractivity contribution in [3.63, 3.8) is 0 Å². The Bertz CT molecular complexity index is 593. The summed E-state index contributed by atoms with van der Waals surface area (Å²) < 4.78 is 10.6. The van der Waals surface area contributed by atoms with Gasteiger partial charge in [-0.1, -0.05) is 11.2 Å². The molecule has 0 aliphatic carbocycles. The van der Waals surface area contributed by atoms with E-state index in [0.29, 0.717) is 5.89 Å². The molecule has 0 spiro atoms. The summed E-state index contributed by atoms with van der Waals surface area (Å²) in [5, 5.41) is 7.48. The molecule has 1 N–H and O–H groups in total. The first-order valence-corrected chi connectivity index (χ1v) is 7.21. The van der Waals surface area contributed by atoms with Crippen molar-refractivity contribution in [3.05, 3.63) is 30.1 Å². The summed E-state index contributed by atoms with van der Waals surface area (Å²) in [6.07, 6.45) is 0. The van der Waals surface area contributed by atoms with Gasteiger partial charge >= 0.3 is 0 Å². The molecule has 1 unspecified atom stereocenters. The Balaban J connectivity index is 1.78. The molecule has 1 fully saturated rings. The number of ether oxygens (including phenoxy) is 1. The topological polar surface area (TPSA) is 63.4 Å². The lowest BCUT2D eigenvalue weighted by Crippen LogP contribution is -2.44. The van der Waals surface area contributed by atoms with Crippen LogP contribution in [0.1, 0.15) is 18.8 Å². The third-order valence-corrected chi connectivity index (χ3v) is 3.83. The number of piperazine rings is 1. The normalized spacial score (nSPS) is 17.6. The highest BCUT2D eigenvalue weighted by molar-refractivity contribution is 5.55. The number of aromatic nitrogens is 2. The van der Waals surface area contributed by atoms with Crippen LogP contribution in [-0.4, -0.2) is 48.3 Å². The van der Waals surface area contributed by atoms with E-state index in [-0.39, 0.29) is 6.04 Å². The Morgan fingerprint density at radius 3 is 2.90 bits per heavy atom. The molecule has 0 amide bonds. The molecule has 1 aromatic heterocycles. The van der Waals surface area contributed by atoms with Crippen molar-refractivity contribution in [3.8, 4) is 17.2 Å². The fraction of sp³-hybridized carbons (Fsp3) is 0.467. The van der Waals surface area contributed by atoms with E-state index in [2.05, 4.69) is 27.3 Å². The van der Waals surface area contributed by atoms with Crippen molar-refractivity contribution in [2.24, 2.45) is 0 Å². The zero-order valence-corrected chi connectivity index (χ0v) is 12.4. The summed E-state index contributed by atoms with van der Waals surface area (Å²) in [5.41, 5.74) is 0.876. The Morgan fingerprint density at radius 2 is 2.14 bits per heavy atom. The average Bonchev–Trinajstić information content (AvgIpc) is 3.05. The first-order valence-electron chi connectivity index (χ1n) is 7.21. The van der Waals surface area contributed by atoms with Gasteiger partial charge in [-0.3, -0.25) is 4.90 Å². The maximum absolute atomic E-state index is 5.40. The first-order chi connectivity index (χ1) is 10.3. The Hall–Kier alpha value is -1.92.